The molecular weight excluding hydrogens is 211 g/mol. The maximum Gasteiger partial charge on any atom is 2.00 e. The minimum absolute atomic E-state index is 0. The van der Waals surface area contributed by atoms with Crippen molar-refractivity contribution < 1.29 is 23.4 Å². The monoisotopic (exact) mass is 219 g/mol. The minimum Gasteiger partial charge on any atom is -0.388 e. The molecule has 0 saturated carbocycles. The van der Waals surface area contributed by atoms with Gasteiger partial charge in [0.1, 0.15) is 0 Å². The second kappa shape index (κ2) is 4.45. The van der Waals surface area contributed by atoms with Gasteiger partial charge in [-0.25, -0.2) is 23.1 Å². The summed E-state index contributed by atoms with van der Waals surface area (Å²) in [5.74, 6) is 0. The van der Waals surface area contributed by atoms with Crippen LogP contribution in [0.25, 0.3) is 10.8 Å². The molecule has 1 radical (unpaired) electrons. The van der Waals surface area contributed by atoms with E-state index in [2.05, 4.69) is 6.07 Å². The third-order valence-corrected chi connectivity index (χ3v) is 2.16. The zero-order chi connectivity index (χ0) is 9.26. The minimum atomic E-state index is 0. The van der Waals surface area contributed by atoms with E-state index < -0.39 is 0 Å². The maximum atomic E-state index is 10.6. The van der Waals surface area contributed by atoms with Gasteiger partial charge in [-0.15, -0.1) is 23.8 Å². The van der Waals surface area contributed by atoms with E-state index in [1.54, 1.807) is 6.07 Å². The van der Waals surface area contributed by atoms with Crippen molar-refractivity contribution in [1.82, 2.24) is 0 Å². The molecule has 0 saturated heterocycles. The number of hydrogen-bond acceptors (Lipinski definition) is 1. The summed E-state index contributed by atoms with van der Waals surface area (Å²) >= 11 is 0. The fourth-order valence-corrected chi connectivity index (χ4v) is 1.46. The summed E-state index contributed by atoms with van der Waals surface area (Å²) in [6, 6.07) is 12.5. The molecule has 2 rings (SSSR count). The summed E-state index contributed by atoms with van der Waals surface area (Å²) in [4.78, 5) is 10.6. The van der Waals surface area contributed by atoms with Crippen LogP contribution < -0.4 is 0 Å². The molecule has 2 heteroatoms. The molecule has 0 aliphatic rings. The van der Waals surface area contributed by atoms with E-state index in [1.165, 1.54) is 0 Å². The van der Waals surface area contributed by atoms with Crippen molar-refractivity contribution in [1.29, 1.82) is 0 Å². The van der Waals surface area contributed by atoms with E-state index in [-0.39, 0.29) is 18.6 Å². The Balaban J connectivity index is 0.000000980. The standard InChI is InChI=1S/C12H8O.V/c1-9-4-2-7-12-10(8-13)5-3-6-11(9)12;/h2-6H,1H3;/q-2;+2. The Kier molecular flexibility index (Phi) is 3.51. The molecule has 14 heavy (non-hydrogen) atoms. The van der Waals surface area contributed by atoms with Crippen LogP contribution in [0.1, 0.15) is 11.1 Å². The molecule has 0 aliphatic carbocycles. The van der Waals surface area contributed by atoms with Gasteiger partial charge in [0.05, 0.1) is 0 Å². The van der Waals surface area contributed by atoms with Crippen molar-refractivity contribution in [3.05, 3.63) is 47.5 Å². The largest absolute Gasteiger partial charge is 2.00 e. The molecule has 0 N–H and O–H groups in total. The Morgan fingerprint density at radius 1 is 1.29 bits per heavy atom. The average molecular weight is 219 g/mol. The van der Waals surface area contributed by atoms with Crippen molar-refractivity contribution in [3.63, 3.8) is 0 Å². The first-order valence-electron chi connectivity index (χ1n) is 4.11. The van der Waals surface area contributed by atoms with Crippen molar-refractivity contribution in [3.8, 4) is 0 Å². The second-order valence-corrected chi connectivity index (χ2v) is 2.99. The molecule has 0 atom stereocenters. The Morgan fingerprint density at radius 2 is 2.07 bits per heavy atom. The molecule has 0 heterocycles. The van der Waals surface area contributed by atoms with Crippen LogP contribution in [-0.4, -0.2) is 6.29 Å². The number of carbonyl (C=O) groups excluding carboxylic acids is 1. The van der Waals surface area contributed by atoms with Crippen molar-refractivity contribution in [2.75, 3.05) is 0 Å². The van der Waals surface area contributed by atoms with E-state index in [0.29, 0.717) is 5.56 Å². The molecule has 0 aliphatic heterocycles. The third kappa shape index (κ3) is 1.74. The quantitative estimate of drug-likeness (QED) is 0.673. The van der Waals surface area contributed by atoms with Crippen molar-refractivity contribution in [2.45, 2.75) is 6.92 Å². The van der Waals surface area contributed by atoms with E-state index in [4.69, 9.17) is 0 Å². The average Bonchev–Trinajstić information content (AvgIpc) is 2.18. The summed E-state index contributed by atoms with van der Waals surface area (Å²) in [6.07, 6.45) is 1.92. The first kappa shape index (κ1) is 11.0. The van der Waals surface area contributed by atoms with E-state index in [1.807, 2.05) is 37.5 Å². The van der Waals surface area contributed by atoms with Gasteiger partial charge in [0.25, 0.3) is 0 Å². The third-order valence-electron chi connectivity index (χ3n) is 2.16. The smallest absolute Gasteiger partial charge is 0.388 e. The Hall–Kier alpha value is -1.05. The fourth-order valence-electron chi connectivity index (χ4n) is 1.46. The predicted molar refractivity (Wildman–Crippen MR) is 52.3 cm³/mol. The van der Waals surface area contributed by atoms with E-state index in [0.717, 1.165) is 16.3 Å². The van der Waals surface area contributed by atoms with Gasteiger partial charge in [-0.3, -0.25) is 0 Å². The van der Waals surface area contributed by atoms with Gasteiger partial charge in [0, 0.05) is 6.29 Å². The first-order chi connectivity index (χ1) is 6.33. The Bertz CT molecular complexity index is 463. The van der Waals surface area contributed by atoms with Crippen molar-refractivity contribution >= 4 is 17.1 Å². The van der Waals surface area contributed by atoms with Crippen molar-refractivity contribution in [2.24, 2.45) is 0 Å². The molecule has 0 amide bonds. The van der Waals surface area contributed by atoms with Gasteiger partial charge in [0.15, 0.2) is 0 Å². The summed E-state index contributed by atoms with van der Waals surface area (Å²) < 4.78 is 0. The second-order valence-electron chi connectivity index (χ2n) is 2.99. The summed E-state index contributed by atoms with van der Waals surface area (Å²) in [6.45, 7) is 2.02. The van der Waals surface area contributed by atoms with Crippen LogP contribution >= 0.6 is 0 Å². The molecule has 0 fully saturated rings. The molecule has 2 aromatic carbocycles. The number of hydrogen-bond donors (Lipinski definition) is 0. The van der Waals surface area contributed by atoms with Gasteiger partial charge in [-0.05, 0) is 0 Å². The van der Waals surface area contributed by atoms with E-state index >= 15 is 0 Å². The van der Waals surface area contributed by atoms with Gasteiger partial charge in [-0.2, -0.15) is 11.5 Å². The first-order valence-corrected chi connectivity index (χ1v) is 4.11. The number of rotatable bonds is 1. The van der Waals surface area contributed by atoms with Gasteiger partial charge in [0.2, 0.25) is 0 Å². The topological polar surface area (TPSA) is 17.1 Å². The molecule has 0 unspecified atom stereocenters. The van der Waals surface area contributed by atoms with Gasteiger partial charge >= 0.3 is 18.6 Å². The molecule has 0 bridgehead atoms. The number of aryl methyl sites for hydroxylation is 1. The summed E-state index contributed by atoms with van der Waals surface area (Å²) in [5.41, 5.74) is 1.74. The Labute approximate surface area is 95.0 Å². The molecule has 2 aromatic rings. The maximum absolute atomic E-state index is 10.6. The molecule has 1 nitrogen and oxygen atoms in total. The number of benzene rings is 2. The van der Waals surface area contributed by atoms with Crippen LogP contribution in [0.4, 0.5) is 0 Å². The van der Waals surface area contributed by atoms with Gasteiger partial charge in [-0.1, -0.05) is 6.92 Å². The van der Waals surface area contributed by atoms with Crippen LogP contribution in [0.3, 0.4) is 0 Å². The van der Waals surface area contributed by atoms with E-state index in [9.17, 15) is 4.79 Å². The normalized spacial score (nSPS) is 9.50. The molecule has 67 valence electrons. The zero-order valence-electron chi connectivity index (χ0n) is 7.74. The SMILES string of the molecule is Cc1cc[c-]c2c([C-]=O)cccc12.[V+2]. The fraction of sp³-hybridized carbons (Fsp3) is 0.0833. The van der Waals surface area contributed by atoms with Crippen LogP contribution in [0.2, 0.25) is 0 Å². The van der Waals surface area contributed by atoms with Crippen LogP contribution in [0, 0.1) is 13.0 Å². The summed E-state index contributed by atoms with van der Waals surface area (Å²) in [7, 11) is 0. The molecular formula is C12H8OV. The predicted octanol–water partition coefficient (Wildman–Crippen LogP) is 2.40. The zero-order valence-corrected chi connectivity index (χ0v) is 9.14. The van der Waals surface area contributed by atoms with Crippen LogP contribution in [0.15, 0.2) is 30.3 Å². The van der Waals surface area contributed by atoms with Gasteiger partial charge < -0.3 is 4.79 Å². The molecule has 0 spiro atoms. The summed E-state index contributed by atoms with van der Waals surface area (Å²) in [5, 5.41) is 1.93. The van der Waals surface area contributed by atoms with Crippen LogP contribution in [0.5, 0.6) is 0 Å². The number of fused-ring (bicyclic) bond motifs is 1. The van der Waals surface area contributed by atoms with Crippen LogP contribution in [-0.2, 0) is 23.4 Å². The molecule has 0 aromatic heterocycles. The Morgan fingerprint density at radius 3 is 2.79 bits per heavy atom.